The van der Waals surface area contributed by atoms with Crippen LogP contribution in [0.2, 0.25) is 0 Å². The van der Waals surface area contributed by atoms with Gasteiger partial charge in [0.15, 0.2) is 5.71 Å². The highest BCUT2D eigenvalue weighted by Crippen LogP contribution is 2.52. The number of rotatable bonds is 23. The van der Waals surface area contributed by atoms with Crippen molar-refractivity contribution in [3.05, 3.63) is 93.7 Å². The maximum atomic E-state index is 12.3. The largest absolute Gasteiger partial charge is 0.481 e. The summed E-state index contributed by atoms with van der Waals surface area (Å²) in [6, 6.07) is 10.1. The number of carbonyl (C=O) groups is 2. The van der Waals surface area contributed by atoms with Gasteiger partial charge in [-0.25, -0.2) is 5.26 Å². The Hall–Kier alpha value is -3.85. The predicted octanol–water partition coefficient (Wildman–Crippen LogP) is 9.52. The highest BCUT2D eigenvalue weighted by molar-refractivity contribution is 7.94. The smallest absolute Gasteiger partial charge is 0.303 e. The number of aliphatic carboxylic acids is 2. The van der Waals surface area contributed by atoms with E-state index in [4.69, 9.17) is 26.3 Å². The van der Waals surface area contributed by atoms with Crippen LogP contribution in [0.5, 0.6) is 0 Å². The third kappa shape index (κ3) is 12.7. The molecule has 1 aliphatic carbocycles. The number of nitrogens with zero attached hydrogens (tertiary/aromatic N) is 2. The van der Waals surface area contributed by atoms with E-state index in [2.05, 4.69) is 29.5 Å². The zero-order valence-corrected chi connectivity index (χ0v) is 38.8. The Morgan fingerprint density at radius 3 is 2.22 bits per heavy atom. The average molecular weight is 953 g/mol. The lowest BCUT2D eigenvalue weighted by Crippen LogP contribution is -2.30. The number of allylic oxidation sites excluding steroid dienone is 8. The molecule has 0 bridgehead atoms. The molecule has 0 spiro atoms. The molecule has 2 aliphatic heterocycles. The molecule has 2 aromatic carbocycles. The van der Waals surface area contributed by atoms with Gasteiger partial charge in [-0.15, -0.1) is 4.33 Å². The first-order valence-electron chi connectivity index (χ1n) is 20.9. The highest BCUT2D eigenvalue weighted by atomic mass is 35.5. The molecule has 0 saturated carbocycles. The van der Waals surface area contributed by atoms with Crippen molar-refractivity contribution in [2.75, 3.05) is 23.7 Å². The van der Waals surface area contributed by atoms with Gasteiger partial charge in [-0.1, -0.05) is 41.6 Å². The molecule has 0 amide bonds. The van der Waals surface area contributed by atoms with Crippen molar-refractivity contribution >= 4 is 72.9 Å². The molecule has 2 heterocycles. The topological polar surface area (TPSA) is 228 Å². The van der Waals surface area contributed by atoms with E-state index >= 15 is 0 Å². The molecule has 1 unspecified atom stereocenters. The minimum Gasteiger partial charge on any atom is -0.481 e. The molecule has 0 fully saturated rings. The third-order valence-electron chi connectivity index (χ3n) is 12.0. The van der Waals surface area contributed by atoms with Crippen molar-refractivity contribution in [3.8, 4) is 0 Å². The molecule has 63 heavy (non-hydrogen) atoms. The lowest BCUT2D eigenvalue weighted by molar-refractivity contribution is -0.438. The molecule has 19 heteroatoms. The summed E-state index contributed by atoms with van der Waals surface area (Å²) in [7, 11) is -8.86. The van der Waals surface area contributed by atoms with E-state index < -0.39 is 48.8 Å². The van der Waals surface area contributed by atoms with E-state index in [1.54, 1.807) is 6.07 Å². The van der Waals surface area contributed by atoms with Crippen LogP contribution < -0.4 is 4.90 Å². The first-order valence-corrected chi connectivity index (χ1v) is 25.0. The van der Waals surface area contributed by atoms with Crippen molar-refractivity contribution < 1.29 is 64.9 Å². The van der Waals surface area contributed by atoms with E-state index in [1.165, 1.54) is 12.1 Å². The number of hydrogen-bond acceptors (Lipinski definition) is 11. The second kappa shape index (κ2) is 21.4. The van der Waals surface area contributed by atoms with Crippen LogP contribution in [-0.4, -0.2) is 82.5 Å². The van der Waals surface area contributed by atoms with Crippen LogP contribution >= 0.6 is 23.6 Å². The van der Waals surface area contributed by atoms with Crippen molar-refractivity contribution in [2.45, 2.75) is 125 Å². The maximum Gasteiger partial charge on any atom is 0.303 e. The number of fused-ring (bicyclic) bond motifs is 2. The number of carboxylic acid groups (broad SMARTS) is 2. The Labute approximate surface area is 378 Å². The van der Waals surface area contributed by atoms with Gasteiger partial charge >= 0.3 is 11.9 Å². The van der Waals surface area contributed by atoms with Gasteiger partial charge in [-0.3, -0.25) is 18.7 Å². The normalized spacial score (nSPS) is 20.1. The van der Waals surface area contributed by atoms with Crippen molar-refractivity contribution in [1.82, 2.24) is 0 Å². The number of anilines is 1. The predicted molar refractivity (Wildman–Crippen MR) is 241 cm³/mol. The number of carboxylic acids is 2. The van der Waals surface area contributed by atoms with Crippen molar-refractivity contribution in [1.29, 1.82) is 0 Å². The van der Waals surface area contributed by atoms with Gasteiger partial charge in [0, 0.05) is 70.2 Å². The van der Waals surface area contributed by atoms with Crippen molar-refractivity contribution in [3.63, 3.8) is 0 Å². The van der Waals surface area contributed by atoms with Crippen LogP contribution in [0.25, 0.3) is 0 Å². The Kier molecular flexibility index (Phi) is 17.1. The molecule has 15 nitrogen and oxygen atoms in total. The molecule has 5 N–H and O–H groups in total. The van der Waals surface area contributed by atoms with Crippen LogP contribution in [0.1, 0.15) is 115 Å². The van der Waals surface area contributed by atoms with E-state index in [9.17, 15) is 40.6 Å². The van der Waals surface area contributed by atoms with E-state index in [0.717, 1.165) is 70.0 Å². The first-order chi connectivity index (χ1) is 29.7. The summed E-state index contributed by atoms with van der Waals surface area (Å²) >= 11 is 8.11. The van der Waals surface area contributed by atoms with E-state index in [-0.39, 0.29) is 30.7 Å². The Morgan fingerprint density at radius 1 is 0.873 bits per heavy atom. The van der Waals surface area contributed by atoms with Crippen LogP contribution in [0.15, 0.2) is 92.4 Å². The SMILES string of the molecule is CC1(C)C(/C=C/C2=C(Cl)C(=C/C=C3\N(CCCS(=O)(=O)O)c4ccc(S(=O)(=O)O)cc4C3(C)CCCCCC(=O)O)/CCC2)=[N+](CCCCCC(=O)O)c2ccc(SOOO)cc21. The summed E-state index contributed by atoms with van der Waals surface area (Å²) in [6.45, 7) is 6.99. The molecule has 1 atom stereocenters. The third-order valence-corrected chi connectivity index (χ3v) is 14.7. The minimum atomic E-state index is -4.58. The number of benzene rings is 2. The van der Waals surface area contributed by atoms with Crippen LogP contribution in [0.3, 0.4) is 0 Å². The fourth-order valence-corrected chi connectivity index (χ4v) is 10.5. The molecular weight excluding hydrogens is 896 g/mol. The van der Waals surface area contributed by atoms with Gasteiger partial charge < -0.3 is 15.1 Å². The van der Waals surface area contributed by atoms with Gasteiger partial charge in [-0.05, 0) is 125 Å². The Balaban J connectivity index is 1.54. The first kappa shape index (κ1) is 50.2. The lowest BCUT2D eigenvalue weighted by Gasteiger charge is -2.31. The maximum absolute atomic E-state index is 12.3. The molecular formula is C44H56ClN2O13S3+. The summed E-state index contributed by atoms with van der Waals surface area (Å²) < 4.78 is 74.7. The quantitative estimate of drug-likeness (QED) is 0.0174. The molecule has 2 aromatic rings. The van der Waals surface area contributed by atoms with Crippen LogP contribution in [0.4, 0.5) is 11.4 Å². The van der Waals surface area contributed by atoms with Gasteiger partial charge in [0.1, 0.15) is 6.54 Å². The van der Waals surface area contributed by atoms with Crippen LogP contribution in [-0.2, 0) is 50.0 Å². The number of halogens is 1. The monoisotopic (exact) mass is 951 g/mol. The fraction of sp³-hybridized carbons (Fsp3) is 0.477. The van der Waals surface area contributed by atoms with Crippen molar-refractivity contribution in [2.24, 2.45) is 0 Å². The summed E-state index contributed by atoms with van der Waals surface area (Å²) in [4.78, 5) is 24.7. The summed E-state index contributed by atoms with van der Waals surface area (Å²) in [5.41, 5.74) is 5.43. The van der Waals surface area contributed by atoms with Gasteiger partial charge in [0.2, 0.25) is 5.69 Å². The fourth-order valence-electron chi connectivity index (χ4n) is 8.82. The van der Waals surface area contributed by atoms with Gasteiger partial charge in [0.25, 0.3) is 20.2 Å². The van der Waals surface area contributed by atoms with Gasteiger partial charge in [0.05, 0.1) is 28.1 Å². The Bertz CT molecular complexity index is 2440. The number of hydrogen-bond donors (Lipinski definition) is 5. The second-order valence-corrected chi connectivity index (χ2v) is 20.9. The van der Waals surface area contributed by atoms with E-state index in [0.29, 0.717) is 67.8 Å². The van der Waals surface area contributed by atoms with Gasteiger partial charge in [-0.2, -0.15) is 21.4 Å². The minimum absolute atomic E-state index is 0.00542. The standard InChI is InChI=1S/C44H55ClN2O13S3/c1-43(2)34-28-32(61-60-59-52)18-20-36(34)46(25-9-5-7-15-41(50)51)38(43)22-16-30-12-10-13-31(42(30)45)17-23-39-44(3,24-8-4-6-14-40(48)49)35-29-33(63(56,57)58)19-21-37(35)47(39)26-11-27-62(53,54)55/h16-23,28-29H,4-15,24-27H2,1-3H3,(H4-,48,49,50,51,52,53,54,55,56,57,58)/p+1. The molecule has 0 radical (unpaired) electrons. The second-order valence-electron chi connectivity index (χ2n) is 16.8. The highest BCUT2D eigenvalue weighted by Gasteiger charge is 2.45. The zero-order chi connectivity index (χ0) is 46.2. The lowest BCUT2D eigenvalue weighted by atomic mass is 9.77. The summed E-state index contributed by atoms with van der Waals surface area (Å²) in [5, 5.41) is 31.5. The molecule has 5 rings (SSSR count). The van der Waals surface area contributed by atoms with Crippen LogP contribution in [0, 0.1) is 0 Å². The average Bonchev–Trinajstić information content (AvgIpc) is 3.56. The molecule has 0 saturated heterocycles. The number of unbranched alkanes of at least 4 members (excludes halogenated alkanes) is 4. The Morgan fingerprint density at radius 2 is 1.57 bits per heavy atom. The van der Waals surface area contributed by atoms with E-state index in [1.807, 2.05) is 48.3 Å². The molecule has 344 valence electrons. The molecule has 0 aromatic heterocycles. The summed E-state index contributed by atoms with van der Waals surface area (Å²) in [6.07, 6.45) is 14.5. The molecule has 3 aliphatic rings. The summed E-state index contributed by atoms with van der Waals surface area (Å²) in [5.74, 6) is -2.22. The zero-order valence-electron chi connectivity index (χ0n) is 35.6.